The maximum absolute atomic E-state index is 13.3. The van der Waals surface area contributed by atoms with Gasteiger partial charge in [-0.1, -0.05) is 48.5 Å². The Balaban J connectivity index is 1.44. The molecule has 0 radical (unpaired) electrons. The number of hydrogen-bond donors (Lipinski definition) is 2. The van der Waals surface area contributed by atoms with Gasteiger partial charge < -0.3 is 20.0 Å². The van der Waals surface area contributed by atoms with E-state index in [4.69, 9.17) is 4.42 Å². The van der Waals surface area contributed by atoms with Crippen LogP contribution in [0.1, 0.15) is 22.5 Å². The molecule has 0 spiro atoms. The molecule has 2 aromatic carbocycles. The highest BCUT2D eigenvalue weighted by atomic mass is 16.3. The van der Waals surface area contributed by atoms with E-state index in [9.17, 15) is 9.59 Å². The van der Waals surface area contributed by atoms with E-state index in [0.29, 0.717) is 19.5 Å². The maximum atomic E-state index is 13.3. The van der Waals surface area contributed by atoms with Crippen LogP contribution in [-0.2, 0) is 11.2 Å². The minimum absolute atomic E-state index is 0.0730. The van der Waals surface area contributed by atoms with Crippen molar-refractivity contribution < 1.29 is 14.0 Å². The number of nitrogens with zero attached hydrogens (tertiary/aromatic N) is 1. The van der Waals surface area contributed by atoms with Crippen LogP contribution in [0, 0.1) is 0 Å². The van der Waals surface area contributed by atoms with Crippen molar-refractivity contribution in [3.63, 3.8) is 0 Å². The Morgan fingerprint density at radius 2 is 1.73 bits per heavy atom. The molecule has 1 saturated heterocycles. The van der Waals surface area contributed by atoms with Crippen LogP contribution >= 0.6 is 0 Å². The lowest BCUT2D eigenvalue weighted by atomic mass is 10.0. The molecule has 1 aromatic heterocycles. The van der Waals surface area contributed by atoms with Crippen LogP contribution in [0.5, 0.6) is 0 Å². The molecule has 4 rings (SSSR count). The Hall–Kier alpha value is -3.54. The Bertz CT molecular complexity index is 958. The van der Waals surface area contributed by atoms with Gasteiger partial charge in [-0.15, -0.1) is 0 Å². The van der Waals surface area contributed by atoms with E-state index >= 15 is 0 Å². The minimum Gasteiger partial charge on any atom is -0.459 e. The summed E-state index contributed by atoms with van der Waals surface area (Å²) in [7, 11) is 0. The van der Waals surface area contributed by atoms with Crippen molar-refractivity contribution in [3.8, 4) is 0 Å². The molecule has 6 nitrogen and oxygen atoms in total. The molecule has 2 amide bonds. The molecule has 1 aliphatic heterocycles. The first-order valence-corrected chi connectivity index (χ1v) is 10.2. The molecule has 1 aliphatic rings. The first kappa shape index (κ1) is 19.8. The van der Waals surface area contributed by atoms with Gasteiger partial charge >= 0.3 is 0 Å². The van der Waals surface area contributed by atoms with Crippen molar-refractivity contribution in [1.82, 2.24) is 10.2 Å². The normalized spacial score (nSPS) is 16.8. The SMILES string of the molecule is O=C(NC(Cc1ccccc1)C(=O)N1CCC(Nc2ccccc2)C1)c1ccco1. The lowest BCUT2D eigenvalue weighted by molar-refractivity contribution is -0.132. The van der Waals surface area contributed by atoms with Crippen LogP contribution in [0.15, 0.2) is 83.5 Å². The van der Waals surface area contributed by atoms with E-state index in [1.807, 2.05) is 65.6 Å². The zero-order valence-corrected chi connectivity index (χ0v) is 16.7. The zero-order valence-electron chi connectivity index (χ0n) is 16.7. The number of hydrogen-bond acceptors (Lipinski definition) is 4. The number of amides is 2. The number of para-hydroxylation sites is 1. The molecular weight excluding hydrogens is 378 g/mol. The molecule has 154 valence electrons. The zero-order chi connectivity index (χ0) is 20.8. The van der Waals surface area contributed by atoms with Crippen LogP contribution < -0.4 is 10.6 Å². The number of benzene rings is 2. The summed E-state index contributed by atoms with van der Waals surface area (Å²) in [4.78, 5) is 27.7. The van der Waals surface area contributed by atoms with E-state index in [-0.39, 0.29) is 23.6 Å². The minimum atomic E-state index is -0.652. The third-order valence-corrected chi connectivity index (χ3v) is 5.28. The topological polar surface area (TPSA) is 74.6 Å². The van der Waals surface area contributed by atoms with Crippen LogP contribution in [0.3, 0.4) is 0 Å². The predicted octanol–water partition coefficient (Wildman–Crippen LogP) is 3.33. The highest BCUT2D eigenvalue weighted by Gasteiger charge is 2.32. The molecule has 6 heteroatoms. The molecule has 1 fully saturated rings. The Morgan fingerprint density at radius 1 is 1.00 bits per heavy atom. The predicted molar refractivity (Wildman–Crippen MR) is 115 cm³/mol. The average Bonchev–Trinajstić information content (AvgIpc) is 3.47. The third kappa shape index (κ3) is 4.89. The number of carbonyl (C=O) groups excluding carboxylic acids is 2. The van der Waals surface area contributed by atoms with Crippen molar-refractivity contribution in [2.45, 2.75) is 24.9 Å². The quantitative estimate of drug-likeness (QED) is 0.635. The summed E-state index contributed by atoms with van der Waals surface area (Å²) in [5.41, 5.74) is 2.04. The summed E-state index contributed by atoms with van der Waals surface area (Å²) >= 11 is 0. The molecule has 2 heterocycles. The van der Waals surface area contributed by atoms with Crippen molar-refractivity contribution in [2.75, 3.05) is 18.4 Å². The van der Waals surface area contributed by atoms with E-state index in [2.05, 4.69) is 10.6 Å². The molecule has 0 saturated carbocycles. The number of anilines is 1. The summed E-state index contributed by atoms with van der Waals surface area (Å²) in [6, 6.07) is 22.5. The van der Waals surface area contributed by atoms with Crippen LogP contribution in [0.25, 0.3) is 0 Å². The highest BCUT2D eigenvalue weighted by Crippen LogP contribution is 2.18. The van der Waals surface area contributed by atoms with E-state index in [0.717, 1.165) is 17.7 Å². The van der Waals surface area contributed by atoms with Crippen LogP contribution in [0.4, 0.5) is 5.69 Å². The lowest BCUT2D eigenvalue weighted by Crippen LogP contribution is -2.49. The van der Waals surface area contributed by atoms with Crippen LogP contribution in [0.2, 0.25) is 0 Å². The Morgan fingerprint density at radius 3 is 2.43 bits per heavy atom. The second-order valence-corrected chi connectivity index (χ2v) is 7.47. The van der Waals surface area contributed by atoms with E-state index in [1.165, 1.54) is 6.26 Å². The number of likely N-dealkylation sites (tertiary alicyclic amines) is 1. The van der Waals surface area contributed by atoms with E-state index < -0.39 is 6.04 Å². The molecular formula is C24H25N3O3. The second kappa shape index (κ2) is 9.31. The molecule has 3 aromatic rings. The fraction of sp³-hybridized carbons (Fsp3) is 0.250. The second-order valence-electron chi connectivity index (χ2n) is 7.47. The van der Waals surface area contributed by atoms with Crippen molar-refractivity contribution in [3.05, 3.63) is 90.4 Å². The maximum Gasteiger partial charge on any atom is 0.287 e. The van der Waals surface area contributed by atoms with Gasteiger partial charge in [0.25, 0.3) is 5.91 Å². The van der Waals surface area contributed by atoms with Crippen molar-refractivity contribution >= 4 is 17.5 Å². The molecule has 30 heavy (non-hydrogen) atoms. The first-order valence-electron chi connectivity index (χ1n) is 10.2. The van der Waals surface area contributed by atoms with Crippen molar-refractivity contribution in [1.29, 1.82) is 0 Å². The standard InChI is InChI=1S/C24H25N3O3/c28-23(22-12-7-15-30-22)26-21(16-18-8-3-1-4-9-18)24(29)27-14-13-20(17-27)25-19-10-5-2-6-11-19/h1-12,15,20-21,25H,13-14,16-17H2,(H,26,28). The molecule has 0 bridgehead atoms. The highest BCUT2D eigenvalue weighted by molar-refractivity contribution is 5.95. The fourth-order valence-electron chi connectivity index (χ4n) is 3.76. The number of rotatable bonds is 7. The van der Waals surface area contributed by atoms with E-state index in [1.54, 1.807) is 12.1 Å². The molecule has 2 N–H and O–H groups in total. The lowest BCUT2D eigenvalue weighted by Gasteiger charge is -2.24. The third-order valence-electron chi connectivity index (χ3n) is 5.28. The summed E-state index contributed by atoms with van der Waals surface area (Å²) in [6.45, 7) is 1.26. The summed E-state index contributed by atoms with van der Waals surface area (Å²) < 4.78 is 5.19. The number of furan rings is 1. The monoisotopic (exact) mass is 403 g/mol. The summed E-state index contributed by atoms with van der Waals surface area (Å²) in [5, 5.41) is 6.35. The molecule has 2 atom stereocenters. The van der Waals surface area contributed by atoms with Gasteiger partial charge in [0, 0.05) is 31.2 Å². The number of nitrogens with one attached hydrogen (secondary N) is 2. The van der Waals surface area contributed by atoms with Gasteiger partial charge in [-0.05, 0) is 36.2 Å². The molecule has 2 unspecified atom stereocenters. The van der Waals surface area contributed by atoms with Gasteiger partial charge in [-0.25, -0.2) is 0 Å². The van der Waals surface area contributed by atoms with Gasteiger partial charge in [0.2, 0.25) is 5.91 Å². The first-order chi connectivity index (χ1) is 14.7. The van der Waals surface area contributed by atoms with Gasteiger partial charge in [0.1, 0.15) is 6.04 Å². The van der Waals surface area contributed by atoms with Gasteiger partial charge in [-0.3, -0.25) is 9.59 Å². The van der Waals surface area contributed by atoms with Gasteiger partial charge in [0.05, 0.1) is 6.26 Å². The fourth-order valence-corrected chi connectivity index (χ4v) is 3.76. The van der Waals surface area contributed by atoms with Gasteiger partial charge in [-0.2, -0.15) is 0 Å². The van der Waals surface area contributed by atoms with Crippen LogP contribution in [-0.4, -0.2) is 41.9 Å². The number of carbonyl (C=O) groups is 2. The Kier molecular flexibility index (Phi) is 6.13. The molecule has 0 aliphatic carbocycles. The Labute approximate surface area is 175 Å². The summed E-state index contributed by atoms with van der Waals surface area (Å²) in [5.74, 6) is -0.255. The summed E-state index contributed by atoms with van der Waals surface area (Å²) in [6.07, 6.45) is 2.74. The largest absolute Gasteiger partial charge is 0.459 e. The van der Waals surface area contributed by atoms with Gasteiger partial charge in [0.15, 0.2) is 5.76 Å². The smallest absolute Gasteiger partial charge is 0.287 e. The van der Waals surface area contributed by atoms with Crippen molar-refractivity contribution in [2.24, 2.45) is 0 Å². The average molecular weight is 403 g/mol.